The van der Waals surface area contributed by atoms with Crippen LogP contribution in [0.5, 0.6) is 5.95 Å². The predicted octanol–water partition coefficient (Wildman–Crippen LogP) is 4.94. The molecule has 10 heteroatoms. The monoisotopic (exact) mass is 534 g/mol. The molecule has 0 radical (unpaired) electrons. The van der Waals surface area contributed by atoms with Crippen LogP contribution in [0.2, 0.25) is 0 Å². The van der Waals surface area contributed by atoms with Gasteiger partial charge in [-0.05, 0) is 43.0 Å². The van der Waals surface area contributed by atoms with E-state index < -0.39 is 23.4 Å². The molecular weight excluding hydrogens is 504 g/mol. The number of nitrogens with zero attached hydrogens (tertiary/aromatic N) is 2. The van der Waals surface area contributed by atoms with Crippen LogP contribution in [0, 0.1) is 6.92 Å². The lowest BCUT2D eigenvalue weighted by molar-refractivity contribution is 0.0599. The van der Waals surface area contributed by atoms with Gasteiger partial charge in [0.2, 0.25) is 0 Å². The van der Waals surface area contributed by atoms with E-state index in [1.165, 1.54) is 20.8 Å². The van der Waals surface area contributed by atoms with Crippen LogP contribution < -0.4 is 10.6 Å². The van der Waals surface area contributed by atoms with E-state index in [0.29, 0.717) is 17.8 Å². The third kappa shape index (κ3) is 6.01. The molecule has 2 aromatic carbocycles. The van der Waals surface area contributed by atoms with Crippen LogP contribution in [0.4, 0.5) is 0 Å². The lowest BCUT2D eigenvalue weighted by Crippen LogP contribution is -2.24. The molecule has 2 heterocycles. The van der Waals surface area contributed by atoms with Gasteiger partial charge >= 0.3 is 23.7 Å². The summed E-state index contributed by atoms with van der Waals surface area (Å²) >= 11 is 0. The Labute approximate surface area is 224 Å². The van der Waals surface area contributed by atoms with Gasteiger partial charge in [0.05, 0.1) is 5.56 Å². The van der Waals surface area contributed by atoms with Crippen molar-refractivity contribution in [2.24, 2.45) is 0 Å². The third-order valence-electron chi connectivity index (χ3n) is 6.22. The van der Waals surface area contributed by atoms with Crippen LogP contribution in [0.25, 0.3) is 11.1 Å². The second kappa shape index (κ2) is 11.1. The minimum absolute atomic E-state index is 0.00709. The Balaban J connectivity index is 1.76. The van der Waals surface area contributed by atoms with Gasteiger partial charge in [-0.3, -0.25) is 0 Å². The minimum Gasteiger partial charge on any atom is -0.478 e. The zero-order chi connectivity index (χ0) is 28.3. The number of benzene rings is 2. The lowest BCUT2D eigenvalue weighted by atomic mass is 9.98. The number of carboxylic acid groups (broad SMARTS) is 1. The Kier molecular flexibility index (Phi) is 7.87. The Hall–Kier alpha value is -4.44. The lowest BCUT2D eigenvalue weighted by Gasteiger charge is -2.17. The average molecular weight is 535 g/mol. The number of carbonyl (C=O) groups is 2. The highest BCUT2D eigenvalue weighted by Crippen LogP contribution is 2.29. The van der Waals surface area contributed by atoms with Gasteiger partial charge < -0.3 is 28.4 Å². The van der Waals surface area contributed by atoms with E-state index in [4.69, 9.17) is 13.6 Å². The normalized spacial score (nSPS) is 11.5. The quantitative estimate of drug-likeness (QED) is 0.270. The number of esters is 1. The van der Waals surface area contributed by atoms with Gasteiger partial charge in [-0.25, -0.2) is 19.4 Å². The smallest absolute Gasteiger partial charge is 0.478 e. The SMILES string of the molecule is CCCCc1nc(C(C)(C)O)c(C(=O)Oc2oc(=O)oc2C)n1Cc1ccc(-c2ccccc2C(=O)O)cc1. The summed E-state index contributed by atoms with van der Waals surface area (Å²) in [5.41, 5.74) is 1.01. The van der Waals surface area contributed by atoms with Crippen LogP contribution in [0.1, 0.15) is 77.3 Å². The first-order chi connectivity index (χ1) is 18.5. The van der Waals surface area contributed by atoms with Crippen LogP contribution in [-0.4, -0.2) is 31.7 Å². The second-order valence-electron chi connectivity index (χ2n) is 9.71. The number of carbonyl (C=O) groups excluding carboxylic acids is 1. The molecule has 204 valence electrons. The molecule has 4 aromatic rings. The molecule has 0 atom stereocenters. The van der Waals surface area contributed by atoms with Gasteiger partial charge in [0.15, 0.2) is 11.5 Å². The maximum absolute atomic E-state index is 13.4. The standard InChI is InChI=1S/C29H30N2O8/c1-5-6-11-22-30-24(29(3,4)36)23(26(34)38-27-17(2)37-28(35)39-27)31(22)16-18-12-14-19(15-13-18)20-9-7-8-10-21(20)25(32)33/h7-10,12-15,36H,5-6,11,16H2,1-4H3,(H,32,33). The Morgan fingerprint density at radius 1 is 1.08 bits per heavy atom. The first-order valence-corrected chi connectivity index (χ1v) is 12.6. The molecule has 0 aliphatic rings. The summed E-state index contributed by atoms with van der Waals surface area (Å²) in [6, 6.07) is 14.1. The second-order valence-corrected chi connectivity index (χ2v) is 9.71. The number of hydrogen-bond acceptors (Lipinski definition) is 8. The highest BCUT2D eigenvalue weighted by Gasteiger charge is 2.33. The number of imidazole rings is 1. The van der Waals surface area contributed by atoms with Gasteiger partial charge in [-0.1, -0.05) is 55.8 Å². The number of hydrogen-bond donors (Lipinski definition) is 2. The first-order valence-electron chi connectivity index (χ1n) is 12.6. The molecular formula is C29H30N2O8. The van der Waals surface area contributed by atoms with Gasteiger partial charge in [-0.15, -0.1) is 0 Å². The number of ether oxygens (including phenoxy) is 1. The van der Waals surface area contributed by atoms with Gasteiger partial charge in [-0.2, -0.15) is 0 Å². The molecule has 0 aliphatic carbocycles. The van der Waals surface area contributed by atoms with Gasteiger partial charge in [0.25, 0.3) is 0 Å². The van der Waals surface area contributed by atoms with Crippen LogP contribution in [0.15, 0.2) is 62.2 Å². The van der Waals surface area contributed by atoms with E-state index in [2.05, 4.69) is 4.98 Å². The van der Waals surface area contributed by atoms with Crippen molar-refractivity contribution in [3.63, 3.8) is 0 Å². The van der Waals surface area contributed by atoms with Crippen molar-refractivity contribution in [2.75, 3.05) is 0 Å². The highest BCUT2D eigenvalue weighted by molar-refractivity contribution is 5.96. The largest absolute Gasteiger partial charge is 0.521 e. The number of unbranched alkanes of at least 4 members (excludes halogenated alkanes) is 1. The molecule has 0 amide bonds. The minimum atomic E-state index is -1.47. The summed E-state index contributed by atoms with van der Waals surface area (Å²) < 4.78 is 16.7. The maximum Gasteiger partial charge on any atom is 0.521 e. The number of aromatic nitrogens is 2. The van der Waals surface area contributed by atoms with Crippen molar-refractivity contribution in [3.8, 4) is 17.1 Å². The summed E-state index contributed by atoms with van der Waals surface area (Å²) in [5, 5.41) is 20.4. The molecule has 4 rings (SSSR count). The van der Waals surface area contributed by atoms with E-state index in [1.807, 2.05) is 31.2 Å². The van der Waals surface area contributed by atoms with Crippen molar-refractivity contribution < 1.29 is 33.4 Å². The van der Waals surface area contributed by atoms with Gasteiger partial charge in [0, 0.05) is 19.9 Å². The molecule has 0 spiro atoms. The molecule has 2 N–H and O–H groups in total. The molecule has 0 saturated carbocycles. The maximum atomic E-state index is 13.4. The number of rotatable bonds is 10. The zero-order valence-electron chi connectivity index (χ0n) is 22.2. The van der Waals surface area contributed by atoms with Crippen molar-refractivity contribution >= 4 is 11.9 Å². The number of aliphatic hydroxyl groups is 1. The summed E-state index contributed by atoms with van der Waals surface area (Å²) in [6.07, 6.45) is 2.25. The molecule has 0 aliphatic heterocycles. The highest BCUT2D eigenvalue weighted by atomic mass is 16.7. The topological polar surface area (TPSA) is 145 Å². The van der Waals surface area contributed by atoms with Crippen LogP contribution >= 0.6 is 0 Å². The molecule has 39 heavy (non-hydrogen) atoms. The summed E-state index contributed by atoms with van der Waals surface area (Å²) in [7, 11) is 0. The Bertz CT molecular complexity index is 1550. The molecule has 0 unspecified atom stereocenters. The Morgan fingerprint density at radius 3 is 2.36 bits per heavy atom. The third-order valence-corrected chi connectivity index (χ3v) is 6.22. The van der Waals surface area contributed by atoms with E-state index in [0.717, 1.165) is 24.0 Å². The van der Waals surface area contributed by atoms with Crippen molar-refractivity contribution in [2.45, 2.75) is 59.1 Å². The van der Waals surface area contributed by atoms with Crippen LogP contribution in [0.3, 0.4) is 0 Å². The molecule has 0 fully saturated rings. The number of carboxylic acids is 1. The summed E-state index contributed by atoms with van der Waals surface area (Å²) in [6.45, 7) is 6.74. The first kappa shape index (κ1) is 27.6. The summed E-state index contributed by atoms with van der Waals surface area (Å²) in [4.78, 5) is 41.2. The molecule has 0 saturated heterocycles. The van der Waals surface area contributed by atoms with Crippen LogP contribution in [-0.2, 0) is 18.6 Å². The Morgan fingerprint density at radius 2 is 1.77 bits per heavy atom. The fraction of sp³-hybridized carbons (Fsp3) is 0.310. The summed E-state index contributed by atoms with van der Waals surface area (Å²) in [5.74, 6) is -2.64. The van der Waals surface area contributed by atoms with Crippen molar-refractivity contribution in [1.82, 2.24) is 9.55 Å². The number of aryl methyl sites for hydroxylation is 2. The predicted molar refractivity (Wildman–Crippen MR) is 141 cm³/mol. The average Bonchev–Trinajstić information content (AvgIpc) is 3.41. The fourth-order valence-corrected chi connectivity index (χ4v) is 4.28. The van der Waals surface area contributed by atoms with E-state index in [-0.39, 0.29) is 35.2 Å². The molecule has 2 aromatic heterocycles. The number of aromatic carboxylic acids is 1. The van der Waals surface area contributed by atoms with E-state index in [9.17, 15) is 24.6 Å². The van der Waals surface area contributed by atoms with Crippen molar-refractivity contribution in [1.29, 1.82) is 0 Å². The molecule has 10 nitrogen and oxygen atoms in total. The van der Waals surface area contributed by atoms with Crippen molar-refractivity contribution in [3.05, 3.63) is 93.2 Å². The van der Waals surface area contributed by atoms with E-state index in [1.54, 1.807) is 28.8 Å². The molecule has 0 bridgehead atoms. The van der Waals surface area contributed by atoms with Gasteiger partial charge in [0.1, 0.15) is 17.1 Å². The van der Waals surface area contributed by atoms with E-state index >= 15 is 0 Å². The fourth-order valence-electron chi connectivity index (χ4n) is 4.28. The zero-order valence-corrected chi connectivity index (χ0v) is 22.2.